The zero-order valence-electron chi connectivity index (χ0n) is 18.4. The van der Waals surface area contributed by atoms with Gasteiger partial charge in [0.05, 0.1) is 25.4 Å². The molecular weight excluding hydrogens is 472 g/mol. The Morgan fingerprint density at radius 2 is 1.73 bits per heavy atom. The van der Waals surface area contributed by atoms with Crippen molar-refractivity contribution in [2.24, 2.45) is 0 Å². The van der Waals surface area contributed by atoms with Crippen molar-refractivity contribution < 1.29 is 55.2 Å². The summed E-state index contributed by atoms with van der Waals surface area (Å²) in [6.07, 6.45) is 7.15. The maximum absolute atomic E-state index is 11.8. The second kappa shape index (κ2) is 32.2. The second-order valence-corrected chi connectivity index (χ2v) is 6.11. The molecule has 1 aromatic carbocycles. The molecule has 0 fully saturated rings. The number of hydrogen-bond acceptors (Lipinski definition) is 5. The van der Waals surface area contributed by atoms with Crippen LogP contribution in [-0.4, -0.2) is 36.2 Å². The fraction of sp³-hybridized carbons (Fsp3) is 0.417. The van der Waals surface area contributed by atoms with E-state index in [2.05, 4.69) is 26.9 Å². The Bertz CT molecular complexity index is 602. The van der Waals surface area contributed by atoms with Gasteiger partial charge in [0.25, 0.3) is 0 Å². The molecule has 8 nitrogen and oxygen atoms in total. The van der Waals surface area contributed by atoms with Crippen molar-refractivity contribution in [3.63, 3.8) is 0 Å². The summed E-state index contributed by atoms with van der Waals surface area (Å²) in [5, 5.41) is 9.87. The Morgan fingerprint density at radius 1 is 1.12 bits per heavy atom. The summed E-state index contributed by atoms with van der Waals surface area (Å²) < 4.78 is 32.8. The molecule has 3 radical (unpaired) electrons. The normalized spacial score (nSPS) is 10.5. The van der Waals surface area contributed by atoms with Crippen LogP contribution in [0.15, 0.2) is 30.3 Å². The predicted octanol–water partition coefficient (Wildman–Crippen LogP) is 3.05. The van der Waals surface area contributed by atoms with Gasteiger partial charge < -0.3 is 19.4 Å². The van der Waals surface area contributed by atoms with Crippen LogP contribution in [0.25, 0.3) is 0 Å². The largest absolute Gasteiger partial charge is 0 e. The number of unbranched alkanes of at least 4 members (excludes halogenated alkanes) is 2. The van der Waals surface area contributed by atoms with Crippen LogP contribution in [0.3, 0.4) is 0 Å². The van der Waals surface area contributed by atoms with Gasteiger partial charge in [-0.25, -0.2) is 0 Å². The Labute approximate surface area is 207 Å². The summed E-state index contributed by atoms with van der Waals surface area (Å²) in [7, 11) is 0. The first kappa shape index (κ1) is 38.3. The third-order valence-electron chi connectivity index (χ3n) is 3.76. The number of Topliss-reactive ketones (excluding diaryl/α,β-unsaturated/α-hetero) is 1. The first-order chi connectivity index (χ1) is 15.7. The van der Waals surface area contributed by atoms with E-state index in [1.165, 1.54) is 12.9 Å². The average molecular weight is 500 g/mol. The van der Waals surface area contributed by atoms with Gasteiger partial charge in [-0.3, -0.25) is 4.79 Å². The van der Waals surface area contributed by atoms with Crippen LogP contribution in [0.2, 0.25) is 0 Å². The molecule has 0 heterocycles. The molecule has 0 bridgehead atoms. The number of carbonyl (C=O) groups is 1. The number of hydrogen-bond donors (Lipinski definition) is 1. The minimum Gasteiger partial charge on any atom is 0 e. The number of benzene rings is 1. The zero-order chi connectivity index (χ0) is 25.0. The van der Waals surface area contributed by atoms with Gasteiger partial charge in [0.15, 0.2) is 0 Å². The third kappa shape index (κ3) is 26.2. The van der Waals surface area contributed by atoms with Gasteiger partial charge in [-0.2, -0.15) is 0 Å². The Balaban J connectivity index is -0.000000553. The summed E-state index contributed by atoms with van der Waals surface area (Å²) in [5.41, 5.74) is 1.02. The van der Waals surface area contributed by atoms with Crippen LogP contribution < -0.4 is 0 Å². The number of aliphatic hydroxyl groups excluding tert-OH is 1. The van der Waals surface area contributed by atoms with E-state index in [4.69, 9.17) is 23.4 Å². The van der Waals surface area contributed by atoms with Crippen LogP contribution in [-0.2, 0) is 56.7 Å². The van der Waals surface area contributed by atoms with Crippen molar-refractivity contribution in [3.05, 3.63) is 75.1 Å². The monoisotopic (exact) mass is 500 g/mol. The van der Waals surface area contributed by atoms with Crippen molar-refractivity contribution >= 4 is 12.3 Å². The maximum atomic E-state index is 11.8. The molecule has 1 N–H and O–H groups in total. The molecule has 0 spiro atoms. The van der Waals surface area contributed by atoms with E-state index < -0.39 is 6.10 Å². The molecule has 33 heavy (non-hydrogen) atoms. The Hall–Kier alpha value is -1.98. The van der Waals surface area contributed by atoms with E-state index in [9.17, 15) is 14.7 Å². The predicted molar refractivity (Wildman–Crippen MR) is 111 cm³/mol. The summed E-state index contributed by atoms with van der Waals surface area (Å²) in [4.78, 5) is 22.2. The van der Waals surface area contributed by atoms with Gasteiger partial charge in [0, 0.05) is 36.3 Å². The third-order valence-corrected chi connectivity index (χ3v) is 3.76. The van der Waals surface area contributed by atoms with E-state index in [0.29, 0.717) is 13.0 Å². The molecule has 9 heteroatoms. The summed E-state index contributed by atoms with van der Waals surface area (Å²) in [6, 6.07) is 9.63. The fourth-order valence-electron chi connectivity index (χ4n) is 2.38. The van der Waals surface area contributed by atoms with Gasteiger partial charge in [-0.1, -0.05) is 56.6 Å². The molecule has 0 saturated carbocycles. The van der Waals surface area contributed by atoms with Crippen LogP contribution >= 0.6 is 0 Å². The van der Waals surface area contributed by atoms with E-state index in [0.717, 1.165) is 24.8 Å². The molecule has 1 aromatic rings. The topological polar surface area (TPSA) is 133 Å². The van der Waals surface area contributed by atoms with Crippen molar-refractivity contribution in [1.82, 2.24) is 0 Å². The van der Waals surface area contributed by atoms with Gasteiger partial charge >= 0.3 is 33.9 Å². The molecule has 0 unspecified atom stereocenters. The van der Waals surface area contributed by atoms with Gasteiger partial charge in [-0.15, -0.1) is 0 Å². The molecule has 0 aromatic heterocycles. The van der Waals surface area contributed by atoms with Gasteiger partial charge in [0.1, 0.15) is 5.78 Å². The Morgan fingerprint density at radius 3 is 2.27 bits per heavy atom. The minimum absolute atomic E-state index is 0. The number of aliphatic hydroxyl groups is 1. The van der Waals surface area contributed by atoms with Crippen molar-refractivity contribution in [2.75, 3.05) is 6.61 Å². The molecule has 1 rings (SSSR count). The standard InChI is InChI=1S/C21H28O5.3CO.Fe/c1-2-3-5-12-21(26-17-22)13-8-11-19(23)14-20(24)16-25-15-18-9-6-4-7-10-18;3*1-2;/h4,6-11,13,20-21,24H,2-3,5,12,14-16H2,1H3;;;;/q-1;;;;/t20-,21-;;;;/m1..../s1. The zero-order valence-corrected chi connectivity index (χ0v) is 19.5. The smallest absolute Gasteiger partial charge is 0 e. The molecule has 2 atom stereocenters. The maximum Gasteiger partial charge on any atom is 0 e. The molecule has 0 aliphatic carbocycles. The van der Waals surface area contributed by atoms with E-state index in [1.54, 1.807) is 12.8 Å². The number of ether oxygens (including phenoxy) is 2. The first-order valence-corrected chi connectivity index (χ1v) is 9.63. The number of carbonyl (C=O) groups excluding carboxylic acids is 2. The molecule has 0 aliphatic rings. The number of ketones is 1. The quantitative estimate of drug-likeness (QED) is 0.161. The van der Waals surface area contributed by atoms with E-state index in [1.807, 2.05) is 30.3 Å². The van der Waals surface area contributed by atoms with Crippen molar-refractivity contribution in [1.29, 1.82) is 0 Å². The van der Waals surface area contributed by atoms with Crippen molar-refractivity contribution in [3.8, 4) is 0 Å². The summed E-state index contributed by atoms with van der Waals surface area (Å²) in [5.74, 6) is -0.209. The average Bonchev–Trinajstić information content (AvgIpc) is 2.84. The van der Waals surface area contributed by atoms with Crippen LogP contribution in [0.1, 0.15) is 44.6 Å². The minimum atomic E-state index is -0.851. The van der Waals surface area contributed by atoms with Crippen molar-refractivity contribution in [2.45, 2.75) is 57.8 Å². The molecular formula is C24H28FeO8-. The second-order valence-electron chi connectivity index (χ2n) is 6.11. The van der Waals surface area contributed by atoms with E-state index in [-0.39, 0.29) is 42.0 Å². The molecule has 181 valence electrons. The van der Waals surface area contributed by atoms with Gasteiger partial charge in [0.2, 0.25) is 0 Å². The van der Waals surface area contributed by atoms with Crippen LogP contribution in [0, 0.1) is 39.2 Å². The number of rotatable bonds is 16. The van der Waals surface area contributed by atoms with E-state index >= 15 is 0 Å². The molecule has 0 amide bonds. The first-order valence-electron chi connectivity index (χ1n) is 9.63. The fourth-order valence-corrected chi connectivity index (χ4v) is 2.38. The van der Waals surface area contributed by atoms with Gasteiger partial charge in [-0.05, 0) is 24.8 Å². The summed E-state index contributed by atoms with van der Waals surface area (Å²) in [6.45, 7) is 17.5. The van der Waals surface area contributed by atoms with Crippen LogP contribution in [0.5, 0.6) is 0 Å². The molecule has 0 saturated heterocycles. The SMILES string of the molecule is CCCCC[C@H]([CH][CH][CH]C(=O)C[C@@H](O)COCc1ccccc1)O[C-]=O.[C-]#[O+].[C-]#[O+].[C-]#[O+].[Fe]. The van der Waals surface area contributed by atoms with Crippen LogP contribution in [0.4, 0.5) is 0 Å². The molecule has 0 aliphatic heterocycles. The Kier molecular flexibility index (Phi) is 37.4. The summed E-state index contributed by atoms with van der Waals surface area (Å²) >= 11 is 0.